The van der Waals surface area contributed by atoms with Gasteiger partial charge in [-0.15, -0.1) is 0 Å². The molecule has 12 heteroatoms. The number of rotatable bonds is 4. The van der Waals surface area contributed by atoms with E-state index in [-0.39, 0.29) is 30.8 Å². The van der Waals surface area contributed by atoms with Gasteiger partial charge in [0, 0.05) is 31.6 Å². The average Bonchev–Trinajstić information content (AvgIpc) is 3.56. The number of nitrogens with one attached hydrogen (secondary N) is 1. The normalized spacial score (nSPS) is 23.3. The predicted octanol–water partition coefficient (Wildman–Crippen LogP) is 2.87. The Kier molecular flexibility index (Phi) is 5.32. The first-order chi connectivity index (χ1) is 16.1. The minimum atomic E-state index is -4.80. The Morgan fingerprint density at radius 3 is 2.71 bits per heavy atom. The third-order valence-electron chi connectivity index (χ3n) is 6.36. The number of hydrogen-bond donors (Lipinski definition) is 2. The highest BCUT2D eigenvalue weighted by Crippen LogP contribution is 2.40. The van der Waals surface area contributed by atoms with E-state index >= 15 is 0 Å². The number of hydrogen-bond acceptors (Lipinski definition) is 6. The van der Waals surface area contributed by atoms with Crippen molar-refractivity contribution < 1.29 is 32.2 Å². The van der Waals surface area contributed by atoms with Crippen LogP contribution in [0.5, 0.6) is 0 Å². The average molecular weight is 479 g/mol. The minimum absolute atomic E-state index is 0.0240. The quantitative estimate of drug-likeness (QED) is 0.558. The lowest BCUT2D eigenvalue weighted by atomic mass is 9.82. The van der Waals surface area contributed by atoms with Crippen LogP contribution in [-0.2, 0) is 16.5 Å². The summed E-state index contributed by atoms with van der Waals surface area (Å²) in [5.74, 6) is -1.57. The largest absolute Gasteiger partial charge is 0.417 e. The van der Waals surface area contributed by atoms with Gasteiger partial charge < -0.3 is 15.2 Å². The summed E-state index contributed by atoms with van der Waals surface area (Å²) in [7, 11) is 0. The molecule has 3 aromatic heterocycles. The van der Waals surface area contributed by atoms with Gasteiger partial charge in [-0.3, -0.25) is 9.78 Å². The molecule has 0 radical (unpaired) electrons. The number of carbonyl (C=O) groups excluding carboxylic acids is 1. The van der Waals surface area contributed by atoms with Crippen molar-refractivity contribution in [2.45, 2.75) is 49.9 Å². The molecule has 34 heavy (non-hydrogen) atoms. The summed E-state index contributed by atoms with van der Waals surface area (Å²) in [6.07, 6.45) is -0.260. The number of aryl methyl sites for hydroxylation is 1. The minimum Gasteiger partial charge on any atom is -0.388 e. The Labute approximate surface area is 191 Å². The maximum Gasteiger partial charge on any atom is 0.417 e. The van der Waals surface area contributed by atoms with Crippen LogP contribution in [0.15, 0.2) is 24.7 Å². The maximum absolute atomic E-state index is 14.9. The molecule has 4 heterocycles. The molecule has 2 N–H and O–H groups in total. The summed E-state index contributed by atoms with van der Waals surface area (Å²) in [4.78, 5) is 21.5. The van der Waals surface area contributed by atoms with Crippen molar-refractivity contribution in [3.8, 4) is 0 Å². The van der Waals surface area contributed by atoms with Crippen LogP contribution in [0.25, 0.3) is 5.65 Å². The maximum atomic E-state index is 14.9. The second-order valence-electron chi connectivity index (χ2n) is 8.71. The van der Waals surface area contributed by atoms with Crippen LogP contribution < -0.4 is 5.32 Å². The molecule has 0 bridgehead atoms. The predicted molar refractivity (Wildman–Crippen MR) is 109 cm³/mol. The van der Waals surface area contributed by atoms with Crippen molar-refractivity contribution in [2.24, 2.45) is 0 Å². The van der Waals surface area contributed by atoms with Crippen molar-refractivity contribution in [2.75, 3.05) is 13.2 Å². The van der Waals surface area contributed by atoms with Crippen molar-refractivity contribution >= 4 is 11.6 Å². The van der Waals surface area contributed by atoms with E-state index in [4.69, 9.17) is 4.74 Å². The molecular weight excluding hydrogens is 458 g/mol. The lowest BCUT2D eigenvalue weighted by Gasteiger charge is -2.41. The fraction of sp³-hybridized carbons (Fsp3) is 0.455. The number of aliphatic hydroxyl groups excluding tert-OH is 1. The number of carbonyl (C=O) groups is 1. The molecule has 8 nitrogen and oxygen atoms in total. The van der Waals surface area contributed by atoms with Gasteiger partial charge in [-0.1, -0.05) is 0 Å². The molecule has 1 unspecified atom stereocenters. The lowest BCUT2D eigenvalue weighted by Crippen LogP contribution is -2.59. The first kappa shape index (κ1) is 22.7. The van der Waals surface area contributed by atoms with Crippen molar-refractivity contribution in [1.82, 2.24) is 24.9 Å². The molecule has 5 rings (SSSR count). The number of halogens is 4. The van der Waals surface area contributed by atoms with E-state index in [1.165, 1.54) is 4.52 Å². The number of nitrogens with zero attached hydrogens (tertiary/aromatic N) is 4. The molecule has 2 atom stereocenters. The third kappa shape index (κ3) is 3.80. The summed E-state index contributed by atoms with van der Waals surface area (Å²) < 4.78 is 60.7. The van der Waals surface area contributed by atoms with Crippen molar-refractivity contribution in [3.63, 3.8) is 0 Å². The number of amides is 1. The Hall–Kier alpha value is -3.12. The van der Waals surface area contributed by atoms with Crippen molar-refractivity contribution in [1.29, 1.82) is 0 Å². The zero-order chi connectivity index (χ0) is 24.3. The van der Waals surface area contributed by atoms with E-state index in [1.807, 2.05) is 0 Å². The first-order valence-corrected chi connectivity index (χ1v) is 10.8. The fourth-order valence-electron chi connectivity index (χ4n) is 4.36. The van der Waals surface area contributed by atoms with Crippen LogP contribution in [0.1, 0.15) is 58.1 Å². The zero-order valence-electron chi connectivity index (χ0n) is 18.1. The highest BCUT2D eigenvalue weighted by molar-refractivity contribution is 6.01. The molecule has 3 aromatic rings. The number of aromatic nitrogens is 4. The standard InChI is InChI=1S/C22H21F4N5O3/c1-11-17(19-28-7-13(12-2-3-12)9-31(19)30-11)20(33)29-21(4-5-34-10-16(21)32)18-15(23)6-14(8-27-18)22(24,25)26/h6-9,12,16,32H,2-5,10H2,1H3,(H,29,33)/t16?,21-/m0/s1. The second kappa shape index (κ2) is 7.98. The smallest absolute Gasteiger partial charge is 0.388 e. The van der Waals surface area contributed by atoms with E-state index in [2.05, 4.69) is 20.4 Å². The molecule has 1 saturated heterocycles. The summed E-state index contributed by atoms with van der Waals surface area (Å²) in [6, 6.07) is 0.306. The lowest BCUT2D eigenvalue weighted by molar-refractivity contribution is -0.138. The molecule has 180 valence electrons. The monoisotopic (exact) mass is 479 g/mol. The van der Waals surface area contributed by atoms with Crippen molar-refractivity contribution in [3.05, 3.63) is 58.6 Å². The zero-order valence-corrected chi connectivity index (χ0v) is 18.1. The molecule has 2 fully saturated rings. The van der Waals surface area contributed by atoms with Crippen LogP contribution in [0.3, 0.4) is 0 Å². The molecule has 1 amide bonds. The topological polar surface area (TPSA) is 102 Å². The molecule has 2 aliphatic rings. The van der Waals surface area contributed by atoms with Gasteiger partial charge in [0.05, 0.1) is 17.9 Å². The number of alkyl halides is 3. The van der Waals surface area contributed by atoms with Gasteiger partial charge in [-0.25, -0.2) is 13.9 Å². The van der Waals surface area contributed by atoms with Gasteiger partial charge >= 0.3 is 6.18 Å². The van der Waals surface area contributed by atoms with Gasteiger partial charge in [0.15, 0.2) is 5.65 Å². The van der Waals surface area contributed by atoms with E-state index in [0.29, 0.717) is 23.9 Å². The number of ether oxygens (including phenoxy) is 1. The molecule has 1 aliphatic heterocycles. The second-order valence-corrected chi connectivity index (χ2v) is 8.71. The van der Waals surface area contributed by atoms with Crippen LogP contribution in [0.2, 0.25) is 0 Å². The van der Waals surface area contributed by atoms with Crippen LogP contribution in [0, 0.1) is 12.7 Å². The summed E-state index contributed by atoms with van der Waals surface area (Å²) >= 11 is 0. The summed E-state index contributed by atoms with van der Waals surface area (Å²) in [5.41, 5.74) is -1.82. The number of pyridine rings is 1. The Bertz CT molecular complexity index is 1270. The highest BCUT2D eigenvalue weighted by atomic mass is 19.4. The van der Waals surface area contributed by atoms with Gasteiger partial charge in [0.25, 0.3) is 5.91 Å². The van der Waals surface area contributed by atoms with Gasteiger partial charge in [0.1, 0.15) is 28.7 Å². The van der Waals surface area contributed by atoms with Gasteiger partial charge in [0.2, 0.25) is 0 Å². The highest BCUT2D eigenvalue weighted by Gasteiger charge is 2.48. The summed E-state index contributed by atoms with van der Waals surface area (Å²) in [6.45, 7) is 1.37. The van der Waals surface area contributed by atoms with Gasteiger partial charge in [-0.05, 0) is 37.3 Å². The Balaban J connectivity index is 1.54. The molecule has 1 saturated carbocycles. The van der Waals surface area contributed by atoms with Gasteiger partial charge in [-0.2, -0.15) is 18.3 Å². The van der Waals surface area contributed by atoms with E-state index in [1.54, 1.807) is 19.3 Å². The molecule has 1 aliphatic carbocycles. The molecule has 0 spiro atoms. The van der Waals surface area contributed by atoms with E-state index in [0.717, 1.165) is 18.4 Å². The van der Waals surface area contributed by atoms with E-state index in [9.17, 15) is 27.5 Å². The fourth-order valence-corrected chi connectivity index (χ4v) is 4.36. The Morgan fingerprint density at radius 1 is 1.29 bits per heavy atom. The first-order valence-electron chi connectivity index (χ1n) is 10.8. The molecular formula is C22H21F4N5O3. The number of aliphatic hydroxyl groups is 1. The Morgan fingerprint density at radius 2 is 2.06 bits per heavy atom. The summed E-state index contributed by atoms with van der Waals surface area (Å²) in [5, 5.41) is 17.8. The van der Waals surface area contributed by atoms with E-state index < -0.39 is 40.8 Å². The number of fused-ring (bicyclic) bond motifs is 1. The SMILES string of the molecule is Cc1nn2cc(C3CC3)cnc2c1C(=O)N[C@@]1(c2ncc(C(F)(F)F)cc2F)CCOCC1O. The third-order valence-corrected chi connectivity index (χ3v) is 6.36. The van der Waals surface area contributed by atoms with Crippen LogP contribution in [-0.4, -0.2) is 49.9 Å². The molecule has 0 aromatic carbocycles. The van der Waals surface area contributed by atoms with Crippen LogP contribution >= 0.6 is 0 Å². The van der Waals surface area contributed by atoms with Crippen LogP contribution in [0.4, 0.5) is 17.6 Å².